The molecule has 0 atom stereocenters. The van der Waals surface area contributed by atoms with E-state index >= 15 is 0 Å². The Kier molecular flexibility index (Phi) is 5.02. The molecule has 0 unspecified atom stereocenters. The number of ether oxygens (including phenoxy) is 1. The van der Waals surface area contributed by atoms with E-state index in [0.29, 0.717) is 18.7 Å². The molecule has 0 radical (unpaired) electrons. The average molecular weight is 317 g/mol. The van der Waals surface area contributed by atoms with Crippen molar-refractivity contribution in [2.75, 3.05) is 6.61 Å². The molecule has 0 fully saturated rings. The molecular weight excluding hydrogens is 298 g/mol. The first-order valence-electron chi connectivity index (χ1n) is 8.04. The highest BCUT2D eigenvalue weighted by Gasteiger charge is 2.14. The van der Waals surface area contributed by atoms with Crippen molar-refractivity contribution >= 4 is 5.97 Å². The Morgan fingerprint density at radius 1 is 0.917 bits per heavy atom. The third kappa shape index (κ3) is 3.69. The average Bonchev–Trinajstić information content (AvgIpc) is 2.63. The van der Waals surface area contributed by atoms with Gasteiger partial charge in [0.25, 0.3) is 0 Å². The van der Waals surface area contributed by atoms with Gasteiger partial charge in [0.15, 0.2) is 0 Å². The highest BCUT2D eigenvalue weighted by molar-refractivity contribution is 5.88. The first-order valence-corrected chi connectivity index (χ1v) is 8.04. The number of carbonyl (C=O) groups excluding carboxylic acids is 1. The Labute approximate surface area is 142 Å². The predicted molar refractivity (Wildman–Crippen MR) is 94.9 cm³/mol. The van der Waals surface area contributed by atoms with Gasteiger partial charge in [-0.15, -0.1) is 0 Å². The van der Waals surface area contributed by atoms with E-state index in [2.05, 4.69) is 29.2 Å². The molecule has 0 spiro atoms. The number of benzene rings is 2. The van der Waals surface area contributed by atoms with Gasteiger partial charge in [0, 0.05) is 12.0 Å². The van der Waals surface area contributed by atoms with Gasteiger partial charge in [-0.3, -0.25) is 0 Å². The number of carbonyl (C=O) groups is 1. The molecule has 0 saturated heterocycles. The normalized spacial score (nSPS) is 10.4. The van der Waals surface area contributed by atoms with E-state index in [4.69, 9.17) is 4.74 Å². The van der Waals surface area contributed by atoms with Crippen LogP contribution in [0.3, 0.4) is 0 Å². The lowest BCUT2D eigenvalue weighted by Crippen LogP contribution is -2.09. The monoisotopic (exact) mass is 317 g/mol. The number of hydrogen-bond acceptors (Lipinski definition) is 3. The SMILES string of the molecule is CCOC(=O)c1ccc(-c2ccccc2)c(Cc2ccccc2)n1. The molecular formula is C21H19NO2. The van der Waals surface area contributed by atoms with Gasteiger partial charge in [0.2, 0.25) is 0 Å². The van der Waals surface area contributed by atoms with Crippen LogP contribution < -0.4 is 0 Å². The Bertz CT molecular complexity index is 814. The van der Waals surface area contributed by atoms with E-state index in [1.807, 2.05) is 42.5 Å². The lowest BCUT2D eigenvalue weighted by Gasteiger charge is -2.11. The molecule has 0 amide bonds. The second-order valence-corrected chi connectivity index (χ2v) is 5.44. The van der Waals surface area contributed by atoms with Crippen molar-refractivity contribution in [2.45, 2.75) is 13.3 Å². The summed E-state index contributed by atoms with van der Waals surface area (Å²) >= 11 is 0. The summed E-state index contributed by atoms with van der Waals surface area (Å²) in [7, 11) is 0. The van der Waals surface area contributed by atoms with Gasteiger partial charge in [-0.2, -0.15) is 0 Å². The second kappa shape index (κ2) is 7.55. The van der Waals surface area contributed by atoms with Gasteiger partial charge in [-0.1, -0.05) is 66.7 Å². The van der Waals surface area contributed by atoms with Crippen LogP contribution in [0, 0.1) is 0 Å². The van der Waals surface area contributed by atoms with Crippen LogP contribution in [0.5, 0.6) is 0 Å². The van der Waals surface area contributed by atoms with Crippen molar-refractivity contribution in [3.63, 3.8) is 0 Å². The minimum absolute atomic E-state index is 0.342. The molecule has 3 rings (SSSR count). The summed E-state index contributed by atoms with van der Waals surface area (Å²) in [5.74, 6) is -0.383. The third-order valence-corrected chi connectivity index (χ3v) is 3.76. The standard InChI is InChI=1S/C21H19NO2/c1-2-24-21(23)19-14-13-18(17-11-7-4-8-12-17)20(22-19)15-16-9-5-3-6-10-16/h3-14H,2,15H2,1H3. The van der Waals surface area contributed by atoms with Crippen molar-refractivity contribution in [1.82, 2.24) is 4.98 Å². The van der Waals surface area contributed by atoms with Gasteiger partial charge in [0.1, 0.15) is 5.69 Å². The molecule has 0 bridgehead atoms. The molecule has 24 heavy (non-hydrogen) atoms. The molecule has 120 valence electrons. The van der Waals surface area contributed by atoms with Crippen molar-refractivity contribution < 1.29 is 9.53 Å². The Morgan fingerprint density at radius 3 is 2.25 bits per heavy atom. The van der Waals surface area contributed by atoms with Crippen LogP contribution in [0.25, 0.3) is 11.1 Å². The summed E-state index contributed by atoms with van der Waals surface area (Å²) in [6.07, 6.45) is 0.665. The zero-order valence-electron chi connectivity index (χ0n) is 13.6. The highest BCUT2D eigenvalue weighted by Crippen LogP contribution is 2.25. The van der Waals surface area contributed by atoms with Crippen molar-refractivity contribution in [2.24, 2.45) is 0 Å². The van der Waals surface area contributed by atoms with Crippen LogP contribution in [-0.4, -0.2) is 17.6 Å². The number of aromatic nitrogens is 1. The van der Waals surface area contributed by atoms with Gasteiger partial charge < -0.3 is 4.74 Å². The van der Waals surface area contributed by atoms with E-state index in [1.54, 1.807) is 13.0 Å². The summed E-state index contributed by atoms with van der Waals surface area (Å²) in [5.41, 5.74) is 4.50. The molecule has 3 aromatic rings. The Balaban J connectivity index is 2.03. The lowest BCUT2D eigenvalue weighted by atomic mass is 9.99. The first-order chi connectivity index (χ1) is 11.8. The van der Waals surface area contributed by atoms with Gasteiger partial charge in [0.05, 0.1) is 12.3 Å². The number of nitrogens with zero attached hydrogens (tertiary/aromatic N) is 1. The maximum absolute atomic E-state index is 12.0. The highest BCUT2D eigenvalue weighted by atomic mass is 16.5. The van der Waals surface area contributed by atoms with Crippen LogP contribution in [0.2, 0.25) is 0 Å². The quantitative estimate of drug-likeness (QED) is 0.650. The zero-order valence-corrected chi connectivity index (χ0v) is 13.6. The summed E-state index contributed by atoms with van der Waals surface area (Å²) < 4.78 is 5.08. The van der Waals surface area contributed by atoms with Crippen LogP contribution in [0.15, 0.2) is 72.8 Å². The maximum atomic E-state index is 12.0. The fourth-order valence-electron chi connectivity index (χ4n) is 2.62. The number of esters is 1. The van der Waals surface area contributed by atoms with E-state index in [1.165, 1.54) is 0 Å². The van der Waals surface area contributed by atoms with E-state index in [9.17, 15) is 4.79 Å². The van der Waals surface area contributed by atoms with E-state index in [0.717, 1.165) is 22.4 Å². The van der Waals surface area contributed by atoms with Crippen LogP contribution in [0.4, 0.5) is 0 Å². The van der Waals surface area contributed by atoms with E-state index < -0.39 is 0 Å². The third-order valence-electron chi connectivity index (χ3n) is 3.76. The molecule has 1 aromatic heterocycles. The Morgan fingerprint density at radius 2 is 1.58 bits per heavy atom. The van der Waals surface area contributed by atoms with Crippen LogP contribution in [0.1, 0.15) is 28.7 Å². The molecule has 3 heteroatoms. The summed E-state index contributed by atoms with van der Waals surface area (Å²) in [4.78, 5) is 16.6. The van der Waals surface area contributed by atoms with Gasteiger partial charge >= 0.3 is 5.97 Å². The smallest absolute Gasteiger partial charge is 0.356 e. The number of rotatable bonds is 5. The second-order valence-electron chi connectivity index (χ2n) is 5.44. The molecule has 0 saturated carbocycles. The first kappa shape index (κ1) is 15.9. The predicted octanol–water partition coefficient (Wildman–Crippen LogP) is 4.52. The molecule has 2 aromatic carbocycles. The lowest BCUT2D eigenvalue weighted by molar-refractivity contribution is 0.0519. The summed E-state index contributed by atoms with van der Waals surface area (Å²) in [5, 5.41) is 0. The van der Waals surface area contributed by atoms with Crippen molar-refractivity contribution in [3.8, 4) is 11.1 Å². The fourth-order valence-corrected chi connectivity index (χ4v) is 2.62. The van der Waals surface area contributed by atoms with Crippen LogP contribution >= 0.6 is 0 Å². The zero-order chi connectivity index (χ0) is 16.8. The largest absolute Gasteiger partial charge is 0.461 e. The topological polar surface area (TPSA) is 39.2 Å². The summed E-state index contributed by atoms with van der Waals surface area (Å²) in [6.45, 7) is 2.14. The Hall–Kier alpha value is -2.94. The van der Waals surface area contributed by atoms with Crippen molar-refractivity contribution in [3.05, 3.63) is 89.7 Å². The minimum atomic E-state index is -0.383. The summed E-state index contributed by atoms with van der Waals surface area (Å²) in [6, 6.07) is 23.9. The minimum Gasteiger partial charge on any atom is -0.461 e. The molecule has 1 heterocycles. The number of pyridine rings is 1. The molecule has 0 aliphatic heterocycles. The van der Waals surface area contributed by atoms with Gasteiger partial charge in [-0.05, 0) is 24.1 Å². The van der Waals surface area contributed by atoms with E-state index in [-0.39, 0.29) is 5.97 Å². The molecule has 0 aliphatic carbocycles. The molecule has 3 nitrogen and oxygen atoms in total. The van der Waals surface area contributed by atoms with Crippen LogP contribution in [-0.2, 0) is 11.2 Å². The van der Waals surface area contributed by atoms with Crippen molar-refractivity contribution in [1.29, 1.82) is 0 Å². The van der Waals surface area contributed by atoms with Gasteiger partial charge in [-0.25, -0.2) is 9.78 Å². The molecule has 0 N–H and O–H groups in total. The molecule has 0 aliphatic rings. The number of hydrogen-bond donors (Lipinski definition) is 0. The fraction of sp³-hybridized carbons (Fsp3) is 0.143. The maximum Gasteiger partial charge on any atom is 0.356 e.